The number of nitrogens with one attached hydrogen (secondary N) is 3. The molecule has 2 amide bonds. The predicted octanol–water partition coefficient (Wildman–Crippen LogP) is 5.33. The number of aryl methyl sites for hydroxylation is 2. The SMILES string of the molecule is COC(=O)N[C@H](C(=O)Nc1ccccc1CC[C@@H]1CN[C@H](C)[C@@H](CSc2ncnc3c2cnn3C)O1)C(c1ccccc1)c1ccccc1. The largest absolute Gasteiger partial charge is 0.453 e. The minimum Gasteiger partial charge on any atom is -0.453 e. The molecule has 1 saturated heterocycles. The lowest BCUT2D eigenvalue weighted by Crippen LogP contribution is -2.52. The lowest BCUT2D eigenvalue weighted by Gasteiger charge is -2.36. The minimum absolute atomic E-state index is 0.0105. The van der Waals surface area contributed by atoms with Crippen molar-refractivity contribution < 1.29 is 19.1 Å². The zero-order valence-electron chi connectivity index (χ0n) is 27.8. The molecule has 0 bridgehead atoms. The molecular formula is C37H41N7O4S. The van der Waals surface area contributed by atoms with Gasteiger partial charge in [0.2, 0.25) is 5.91 Å². The number of benzene rings is 3. The van der Waals surface area contributed by atoms with Crippen molar-refractivity contribution in [1.82, 2.24) is 30.4 Å². The summed E-state index contributed by atoms with van der Waals surface area (Å²) in [4.78, 5) is 35.5. The van der Waals surface area contributed by atoms with Gasteiger partial charge in [0.05, 0.1) is 30.9 Å². The molecular weight excluding hydrogens is 639 g/mol. The molecule has 5 aromatic rings. The number of ether oxygens (including phenoxy) is 2. The smallest absolute Gasteiger partial charge is 0.407 e. The number of rotatable bonds is 12. The Hall–Kier alpha value is -4.78. The van der Waals surface area contributed by atoms with Crippen LogP contribution < -0.4 is 16.0 Å². The third-order valence-corrected chi connectivity index (χ3v) is 9.97. The Morgan fingerprint density at radius 2 is 1.71 bits per heavy atom. The van der Waals surface area contributed by atoms with E-state index in [1.54, 1.807) is 29.0 Å². The first-order chi connectivity index (χ1) is 23.9. The summed E-state index contributed by atoms with van der Waals surface area (Å²) in [5.74, 6) is -0.0649. The first-order valence-corrected chi connectivity index (χ1v) is 17.4. The standard InChI is InChI=1S/C37H41N7O4S/c1-24-31(22-49-36-29-21-41-44(2)34(29)39-23-40-36)48-28(20-38-24)19-18-25-12-10-11-17-30(25)42-35(45)33(43-37(46)47-3)32(26-13-6-4-7-14-26)27-15-8-5-9-16-27/h4-17,21,23-24,28,31-33,38H,18-20,22H2,1-3H3,(H,42,45)(H,43,46)/t24-,28-,31-,33+/m1/s1. The number of thioether (sulfide) groups is 1. The number of alkyl carbamates (subject to hydrolysis) is 1. The Bertz CT molecular complexity index is 1820. The molecule has 4 atom stereocenters. The summed E-state index contributed by atoms with van der Waals surface area (Å²) >= 11 is 1.65. The number of hydrogen-bond donors (Lipinski definition) is 3. The van der Waals surface area contributed by atoms with Crippen molar-refractivity contribution in [1.29, 1.82) is 0 Å². The molecule has 1 aliphatic rings. The molecule has 3 aromatic carbocycles. The van der Waals surface area contributed by atoms with E-state index in [9.17, 15) is 9.59 Å². The fraction of sp³-hybridized carbons (Fsp3) is 0.324. The van der Waals surface area contributed by atoms with Crippen LogP contribution in [0.5, 0.6) is 0 Å². The molecule has 1 fully saturated rings. The van der Waals surface area contributed by atoms with Crippen LogP contribution >= 0.6 is 11.8 Å². The first kappa shape index (κ1) is 34.1. The van der Waals surface area contributed by atoms with Crippen LogP contribution in [0.3, 0.4) is 0 Å². The van der Waals surface area contributed by atoms with Gasteiger partial charge in [0.15, 0.2) is 5.65 Å². The molecule has 254 valence electrons. The van der Waals surface area contributed by atoms with Gasteiger partial charge in [-0.3, -0.25) is 9.48 Å². The van der Waals surface area contributed by atoms with Crippen molar-refractivity contribution in [2.45, 2.75) is 55.0 Å². The Morgan fingerprint density at radius 1 is 1.02 bits per heavy atom. The second-order valence-corrected chi connectivity index (χ2v) is 13.1. The molecule has 12 heteroatoms. The molecule has 2 aromatic heterocycles. The van der Waals surface area contributed by atoms with Gasteiger partial charge in [0, 0.05) is 37.0 Å². The predicted molar refractivity (Wildman–Crippen MR) is 191 cm³/mol. The summed E-state index contributed by atoms with van der Waals surface area (Å²) in [5.41, 5.74) is 4.27. The van der Waals surface area contributed by atoms with Gasteiger partial charge in [0.1, 0.15) is 17.4 Å². The van der Waals surface area contributed by atoms with Crippen molar-refractivity contribution in [3.63, 3.8) is 0 Å². The maximum absolute atomic E-state index is 14.1. The van der Waals surface area contributed by atoms with Crippen LogP contribution in [0.4, 0.5) is 10.5 Å². The van der Waals surface area contributed by atoms with E-state index in [-0.39, 0.29) is 24.2 Å². The van der Waals surface area contributed by atoms with Gasteiger partial charge < -0.3 is 25.4 Å². The number of aromatic nitrogens is 4. The summed E-state index contributed by atoms with van der Waals surface area (Å²) in [6, 6.07) is 26.4. The average Bonchev–Trinajstić information content (AvgIpc) is 3.52. The quantitative estimate of drug-likeness (QED) is 0.118. The summed E-state index contributed by atoms with van der Waals surface area (Å²) in [6.45, 7) is 2.88. The number of carbonyl (C=O) groups is 2. The fourth-order valence-corrected chi connectivity index (χ4v) is 7.31. The zero-order chi connectivity index (χ0) is 34.2. The first-order valence-electron chi connectivity index (χ1n) is 16.4. The van der Waals surface area contributed by atoms with Crippen molar-refractivity contribution >= 4 is 40.5 Å². The number of carbonyl (C=O) groups excluding carboxylic acids is 2. The number of hydrogen-bond acceptors (Lipinski definition) is 9. The molecule has 0 radical (unpaired) electrons. The van der Waals surface area contributed by atoms with Gasteiger partial charge in [-0.15, -0.1) is 11.8 Å². The van der Waals surface area contributed by atoms with Crippen molar-refractivity contribution in [3.8, 4) is 0 Å². The highest BCUT2D eigenvalue weighted by molar-refractivity contribution is 7.99. The minimum atomic E-state index is -0.946. The Kier molecular flexibility index (Phi) is 11.2. The van der Waals surface area contributed by atoms with Gasteiger partial charge in [-0.05, 0) is 42.5 Å². The molecule has 0 aliphatic carbocycles. The van der Waals surface area contributed by atoms with Crippen molar-refractivity contribution in [2.75, 3.05) is 24.7 Å². The van der Waals surface area contributed by atoms with E-state index >= 15 is 0 Å². The molecule has 0 unspecified atom stereocenters. The van der Waals surface area contributed by atoms with Crippen LogP contribution in [0.25, 0.3) is 11.0 Å². The fourth-order valence-electron chi connectivity index (χ4n) is 6.20. The number of fused-ring (bicyclic) bond motifs is 1. The van der Waals surface area contributed by atoms with Gasteiger partial charge >= 0.3 is 6.09 Å². The summed E-state index contributed by atoms with van der Waals surface area (Å²) < 4.78 is 13.3. The lowest BCUT2D eigenvalue weighted by atomic mass is 9.84. The van der Waals surface area contributed by atoms with E-state index < -0.39 is 18.1 Å². The lowest BCUT2D eigenvalue weighted by molar-refractivity contribution is -0.118. The van der Waals surface area contributed by atoms with Gasteiger partial charge in [-0.1, -0.05) is 78.9 Å². The van der Waals surface area contributed by atoms with E-state index in [2.05, 4.69) is 37.9 Å². The van der Waals surface area contributed by atoms with Crippen LogP contribution in [-0.4, -0.2) is 75.4 Å². The summed E-state index contributed by atoms with van der Waals surface area (Å²) in [6.07, 6.45) is 4.12. The molecule has 11 nitrogen and oxygen atoms in total. The zero-order valence-corrected chi connectivity index (χ0v) is 28.6. The Labute approximate surface area is 290 Å². The highest BCUT2D eigenvalue weighted by atomic mass is 32.2. The van der Waals surface area contributed by atoms with E-state index in [0.29, 0.717) is 12.1 Å². The van der Waals surface area contributed by atoms with Crippen LogP contribution in [0, 0.1) is 0 Å². The van der Waals surface area contributed by atoms with E-state index in [1.165, 1.54) is 7.11 Å². The topological polar surface area (TPSA) is 132 Å². The Balaban J connectivity index is 1.14. The maximum atomic E-state index is 14.1. The average molecular weight is 680 g/mol. The van der Waals surface area contributed by atoms with Crippen LogP contribution in [-0.2, 0) is 27.7 Å². The summed E-state index contributed by atoms with van der Waals surface area (Å²) in [7, 11) is 3.17. The number of anilines is 1. The van der Waals surface area contributed by atoms with Crippen LogP contribution in [0.1, 0.15) is 36.0 Å². The highest BCUT2D eigenvalue weighted by Crippen LogP contribution is 2.31. The van der Waals surface area contributed by atoms with Gasteiger partial charge in [-0.2, -0.15) is 5.10 Å². The third kappa shape index (κ3) is 8.27. The highest BCUT2D eigenvalue weighted by Gasteiger charge is 2.33. The van der Waals surface area contributed by atoms with E-state index in [1.807, 2.05) is 92.0 Å². The molecule has 6 rings (SSSR count). The number of para-hydroxylation sites is 1. The molecule has 49 heavy (non-hydrogen) atoms. The number of morpholine rings is 1. The molecule has 3 N–H and O–H groups in total. The number of amides is 2. The van der Waals surface area contributed by atoms with E-state index in [0.717, 1.165) is 51.5 Å². The second-order valence-electron chi connectivity index (χ2n) is 12.1. The monoisotopic (exact) mass is 679 g/mol. The third-order valence-electron chi connectivity index (χ3n) is 8.87. The second kappa shape index (κ2) is 16.1. The maximum Gasteiger partial charge on any atom is 0.407 e. The normalized spacial score (nSPS) is 18.2. The summed E-state index contributed by atoms with van der Waals surface area (Å²) in [5, 5.41) is 15.7. The Morgan fingerprint density at radius 3 is 2.43 bits per heavy atom. The number of methoxy groups -OCH3 is 1. The molecule has 1 aliphatic heterocycles. The number of nitrogens with zero attached hydrogens (tertiary/aromatic N) is 4. The molecule has 0 saturated carbocycles. The molecule has 0 spiro atoms. The van der Waals surface area contributed by atoms with Gasteiger partial charge in [0.25, 0.3) is 0 Å². The van der Waals surface area contributed by atoms with Crippen molar-refractivity contribution in [2.24, 2.45) is 7.05 Å². The van der Waals surface area contributed by atoms with Crippen molar-refractivity contribution in [3.05, 3.63) is 114 Å². The van der Waals surface area contributed by atoms with E-state index in [4.69, 9.17) is 9.47 Å². The van der Waals surface area contributed by atoms with Crippen LogP contribution in [0.15, 0.2) is 102 Å². The van der Waals surface area contributed by atoms with Crippen LogP contribution in [0.2, 0.25) is 0 Å². The molecule has 3 heterocycles. The van der Waals surface area contributed by atoms with Gasteiger partial charge in [-0.25, -0.2) is 14.8 Å².